The maximum atomic E-state index is 12.4. The number of sulfonamides is 1. The molecule has 1 aromatic rings. The molecule has 0 radical (unpaired) electrons. The van der Waals surface area contributed by atoms with Crippen LogP contribution in [0.15, 0.2) is 17.2 Å². The predicted molar refractivity (Wildman–Crippen MR) is 74.9 cm³/mol. The molecular formula is C10H12Cl2N2O2S2. The SMILES string of the molecule is CC1CSCCN1S(=O)(=O)c1cnc(Cl)c(Cl)c1. The average molecular weight is 327 g/mol. The highest BCUT2D eigenvalue weighted by Gasteiger charge is 2.31. The summed E-state index contributed by atoms with van der Waals surface area (Å²) in [5.74, 6) is 1.60. The first-order valence-corrected chi connectivity index (χ1v) is 8.68. The molecule has 0 saturated carbocycles. The van der Waals surface area contributed by atoms with E-state index in [-0.39, 0.29) is 21.1 Å². The summed E-state index contributed by atoms with van der Waals surface area (Å²) >= 11 is 13.3. The Bertz CT molecular complexity index is 551. The van der Waals surface area contributed by atoms with E-state index in [1.807, 2.05) is 6.92 Å². The van der Waals surface area contributed by atoms with E-state index in [1.165, 1.54) is 16.6 Å². The van der Waals surface area contributed by atoms with Crippen molar-refractivity contribution in [3.8, 4) is 0 Å². The van der Waals surface area contributed by atoms with Gasteiger partial charge in [-0.05, 0) is 13.0 Å². The molecule has 0 bridgehead atoms. The van der Waals surface area contributed by atoms with Crippen molar-refractivity contribution in [2.45, 2.75) is 17.9 Å². The Balaban J connectivity index is 2.37. The van der Waals surface area contributed by atoms with Crippen molar-refractivity contribution in [1.82, 2.24) is 9.29 Å². The van der Waals surface area contributed by atoms with E-state index in [4.69, 9.17) is 23.2 Å². The minimum Gasteiger partial charge on any atom is -0.242 e. The van der Waals surface area contributed by atoms with E-state index in [2.05, 4.69) is 4.98 Å². The monoisotopic (exact) mass is 326 g/mol. The van der Waals surface area contributed by atoms with Gasteiger partial charge in [0.1, 0.15) is 10.0 Å². The molecule has 18 heavy (non-hydrogen) atoms. The fourth-order valence-electron chi connectivity index (χ4n) is 1.75. The van der Waals surface area contributed by atoms with Gasteiger partial charge in [0.2, 0.25) is 10.0 Å². The van der Waals surface area contributed by atoms with Gasteiger partial charge >= 0.3 is 0 Å². The van der Waals surface area contributed by atoms with Gasteiger partial charge < -0.3 is 0 Å². The first-order valence-electron chi connectivity index (χ1n) is 5.33. The molecule has 1 atom stereocenters. The van der Waals surface area contributed by atoms with Gasteiger partial charge in [0, 0.05) is 30.3 Å². The van der Waals surface area contributed by atoms with Crippen LogP contribution in [0.3, 0.4) is 0 Å². The molecule has 1 aliphatic heterocycles. The zero-order chi connectivity index (χ0) is 13.3. The number of rotatable bonds is 2. The van der Waals surface area contributed by atoms with Crippen molar-refractivity contribution < 1.29 is 8.42 Å². The Labute approximate surface area is 121 Å². The number of hydrogen-bond acceptors (Lipinski definition) is 4. The van der Waals surface area contributed by atoms with E-state index < -0.39 is 10.0 Å². The molecule has 1 aliphatic rings. The van der Waals surface area contributed by atoms with Crippen LogP contribution in [0, 0.1) is 0 Å². The first-order chi connectivity index (χ1) is 8.43. The van der Waals surface area contributed by atoms with Gasteiger partial charge in [0.15, 0.2) is 0 Å². The highest BCUT2D eigenvalue weighted by atomic mass is 35.5. The normalized spacial score (nSPS) is 22.1. The van der Waals surface area contributed by atoms with E-state index in [9.17, 15) is 8.42 Å². The van der Waals surface area contributed by atoms with Crippen LogP contribution in [0.4, 0.5) is 0 Å². The second-order valence-corrected chi connectivity index (χ2v) is 7.79. The number of halogens is 2. The second kappa shape index (κ2) is 5.54. The average Bonchev–Trinajstić information content (AvgIpc) is 2.33. The molecule has 4 nitrogen and oxygen atoms in total. The molecule has 0 spiro atoms. The molecule has 1 saturated heterocycles. The fourth-order valence-corrected chi connectivity index (χ4v) is 4.91. The predicted octanol–water partition coefficient (Wildman–Crippen LogP) is 2.51. The summed E-state index contributed by atoms with van der Waals surface area (Å²) in [6, 6.07) is 1.32. The zero-order valence-corrected chi connectivity index (χ0v) is 12.8. The van der Waals surface area contributed by atoms with E-state index in [0.717, 1.165) is 11.5 Å². The summed E-state index contributed by atoms with van der Waals surface area (Å²) in [6.45, 7) is 2.41. The lowest BCUT2D eigenvalue weighted by Crippen LogP contribution is -2.44. The molecule has 0 aromatic carbocycles. The largest absolute Gasteiger partial charge is 0.244 e. The molecule has 2 rings (SSSR count). The van der Waals surface area contributed by atoms with Crippen LogP contribution in [-0.4, -0.2) is 41.8 Å². The maximum Gasteiger partial charge on any atom is 0.244 e. The van der Waals surface area contributed by atoms with Crippen molar-refractivity contribution >= 4 is 45.0 Å². The van der Waals surface area contributed by atoms with Crippen molar-refractivity contribution in [1.29, 1.82) is 0 Å². The van der Waals surface area contributed by atoms with Gasteiger partial charge in [-0.2, -0.15) is 16.1 Å². The smallest absolute Gasteiger partial charge is 0.242 e. The van der Waals surface area contributed by atoms with Gasteiger partial charge in [-0.3, -0.25) is 0 Å². The molecule has 8 heteroatoms. The van der Waals surface area contributed by atoms with Gasteiger partial charge in [-0.25, -0.2) is 13.4 Å². The Morgan fingerprint density at radius 3 is 2.83 bits per heavy atom. The molecule has 1 fully saturated rings. The number of nitrogens with zero attached hydrogens (tertiary/aromatic N) is 2. The molecule has 1 aromatic heterocycles. The molecule has 2 heterocycles. The van der Waals surface area contributed by atoms with Crippen molar-refractivity contribution in [3.63, 3.8) is 0 Å². The third kappa shape index (κ3) is 2.77. The van der Waals surface area contributed by atoms with Crippen molar-refractivity contribution in [2.75, 3.05) is 18.1 Å². The molecular weight excluding hydrogens is 315 g/mol. The zero-order valence-electron chi connectivity index (χ0n) is 9.64. The Kier molecular flexibility index (Phi) is 4.44. The molecule has 0 aliphatic carbocycles. The summed E-state index contributed by atoms with van der Waals surface area (Å²) in [4.78, 5) is 3.88. The van der Waals surface area contributed by atoms with E-state index in [1.54, 1.807) is 11.8 Å². The van der Waals surface area contributed by atoms with Gasteiger partial charge in [0.25, 0.3) is 0 Å². The highest BCUT2D eigenvalue weighted by molar-refractivity contribution is 7.99. The van der Waals surface area contributed by atoms with Crippen LogP contribution in [0.25, 0.3) is 0 Å². The summed E-state index contributed by atoms with van der Waals surface area (Å²) in [7, 11) is -3.54. The highest BCUT2D eigenvalue weighted by Crippen LogP contribution is 2.27. The van der Waals surface area contributed by atoms with Crippen LogP contribution in [0.1, 0.15) is 6.92 Å². The number of hydrogen-bond donors (Lipinski definition) is 0. The second-order valence-electron chi connectivity index (χ2n) is 3.98. The van der Waals surface area contributed by atoms with Gasteiger partial charge in [0.05, 0.1) is 5.02 Å². The third-order valence-corrected chi connectivity index (χ3v) is 6.54. The number of pyridine rings is 1. The van der Waals surface area contributed by atoms with Gasteiger partial charge in [-0.1, -0.05) is 23.2 Å². The molecule has 100 valence electrons. The van der Waals surface area contributed by atoms with Crippen molar-refractivity contribution in [2.24, 2.45) is 0 Å². The van der Waals surface area contributed by atoms with Crippen LogP contribution in [0.2, 0.25) is 10.2 Å². The number of thioether (sulfide) groups is 1. The minimum atomic E-state index is -3.54. The standard InChI is InChI=1S/C10H12Cl2N2O2S2/c1-7-6-17-3-2-14(7)18(15,16)8-4-9(11)10(12)13-5-8/h4-5,7H,2-3,6H2,1H3. The van der Waals surface area contributed by atoms with E-state index in [0.29, 0.717) is 6.54 Å². The lowest BCUT2D eigenvalue weighted by molar-refractivity contribution is 0.367. The number of aromatic nitrogens is 1. The summed E-state index contributed by atoms with van der Waals surface area (Å²) < 4.78 is 26.4. The fraction of sp³-hybridized carbons (Fsp3) is 0.500. The van der Waals surface area contributed by atoms with Crippen LogP contribution >= 0.6 is 35.0 Å². The Hall–Kier alpha value is -0.0100. The quantitative estimate of drug-likeness (QED) is 0.783. The van der Waals surface area contributed by atoms with Crippen LogP contribution in [0.5, 0.6) is 0 Å². The van der Waals surface area contributed by atoms with Crippen LogP contribution < -0.4 is 0 Å². The van der Waals surface area contributed by atoms with E-state index >= 15 is 0 Å². The summed E-state index contributed by atoms with van der Waals surface area (Å²) in [6.07, 6.45) is 1.25. The molecule has 0 amide bonds. The minimum absolute atomic E-state index is 0.0248. The lowest BCUT2D eigenvalue weighted by atomic mass is 10.4. The van der Waals surface area contributed by atoms with Gasteiger partial charge in [-0.15, -0.1) is 0 Å². The summed E-state index contributed by atoms with van der Waals surface area (Å²) in [5, 5.41) is 0.259. The molecule has 1 unspecified atom stereocenters. The summed E-state index contributed by atoms with van der Waals surface area (Å²) in [5.41, 5.74) is 0. The topological polar surface area (TPSA) is 50.3 Å². The van der Waals surface area contributed by atoms with Crippen molar-refractivity contribution in [3.05, 3.63) is 22.4 Å². The Morgan fingerprint density at radius 1 is 1.50 bits per heavy atom. The third-order valence-electron chi connectivity index (χ3n) is 2.68. The Morgan fingerprint density at radius 2 is 2.22 bits per heavy atom. The maximum absolute atomic E-state index is 12.4. The lowest BCUT2D eigenvalue weighted by Gasteiger charge is -2.31. The first kappa shape index (κ1) is 14.4. The molecule has 0 N–H and O–H groups in total. The van der Waals surface area contributed by atoms with Crippen LogP contribution in [-0.2, 0) is 10.0 Å².